The van der Waals surface area contributed by atoms with Gasteiger partial charge in [0.15, 0.2) is 0 Å². The van der Waals surface area contributed by atoms with Gasteiger partial charge in [-0.3, -0.25) is 4.79 Å². The number of nitrogens with one attached hydrogen (secondary N) is 1. The van der Waals surface area contributed by atoms with Gasteiger partial charge in [-0.05, 0) is 54.4 Å². The molecule has 0 spiro atoms. The van der Waals surface area contributed by atoms with Crippen LogP contribution < -0.4 is 10.1 Å². The zero-order chi connectivity index (χ0) is 21.6. The van der Waals surface area contributed by atoms with Gasteiger partial charge in [0.2, 0.25) is 0 Å². The Morgan fingerprint density at radius 1 is 1.06 bits per heavy atom. The molecule has 1 amide bonds. The molecule has 31 heavy (non-hydrogen) atoms. The average molecular weight is 416 g/mol. The van der Waals surface area contributed by atoms with Crippen LogP contribution in [0.2, 0.25) is 0 Å². The minimum absolute atomic E-state index is 0.206. The van der Waals surface area contributed by atoms with Crippen LogP contribution in [0.5, 0.6) is 5.75 Å². The van der Waals surface area contributed by atoms with Gasteiger partial charge in [0.05, 0.1) is 17.3 Å². The van der Waals surface area contributed by atoms with E-state index >= 15 is 0 Å². The molecular formula is C24H21FN4O2. The van der Waals surface area contributed by atoms with Crippen LogP contribution >= 0.6 is 0 Å². The maximum Gasteiger partial charge on any atom is 0.255 e. The third kappa shape index (κ3) is 4.95. The number of rotatable bonds is 7. The molecule has 0 bridgehead atoms. The molecule has 156 valence electrons. The summed E-state index contributed by atoms with van der Waals surface area (Å²) in [6.45, 7) is 2.16. The quantitative estimate of drug-likeness (QED) is 0.482. The summed E-state index contributed by atoms with van der Waals surface area (Å²) in [6, 6.07) is 20.7. The van der Waals surface area contributed by atoms with E-state index in [2.05, 4.69) is 15.4 Å². The fourth-order valence-electron chi connectivity index (χ4n) is 3.14. The van der Waals surface area contributed by atoms with Crippen LogP contribution in [0.25, 0.3) is 5.69 Å². The normalized spacial score (nSPS) is 11.7. The van der Waals surface area contributed by atoms with E-state index in [0.29, 0.717) is 11.3 Å². The maximum absolute atomic E-state index is 13.1. The van der Waals surface area contributed by atoms with Gasteiger partial charge in [-0.25, -0.2) is 14.1 Å². The molecule has 1 atom stereocenters. The number of para-hydroxylation sites is 1. The molecule has 6 nitrogen and oxygen atoms in total. The van der Waals surface area contributed by atoms with E-state index in [4.69, 9.17) is 4.74 Å². The van der Waals surface area contributed by atoms with Crippen LogP contribution in [0.15, 0.2) is 85.5 Å². The molecule has 0 radical (unpaired) electrons. The molecular weight excluding hydrogens is 395 g/mol. The summed E-state index contributed by atoms with van der Waals surface area (Å²) in [4.78, 5) is 16.8. The van der Waals surface area contributed by atoms with Crippen molar-refractivity contribution in [1.82, 2.24) is 20.1 Å². The van der Waals surface area contributed by atoms with Crippen molar-refractivity contribution in [3.05, 3.63) is 108 Å². The molecule has 1 unspecified atom stereocenters. The third-order valence-electron chi connectivity index (χ3n) is 4.86. The van der Waals surface area contributed by atoms with E-state index in [1.54, 1.807) is 41.3 Å². The third-order valence-corrected chi connectivity index (χ3v) is 4.86. The van der Waals surface area contributed by atoms with Crippen molar-refractivity contribution in [2.45, 2.75) is 19.6 Å². The maximum atomic E-state index is 13.1. The smallest absolute Gasteiger partial charge is 0.255 e. The summed E-state index contributed by atoms with van der Waals surface area (Å²) in [6.07, 6.45) is 3.11. The fourth-order valence-corrected chi connectivity index (χ4v) is 3.14. The molecule has 0 aliphatic carbocycles. The topological polar surface area (TPSA) is 69.0 Å². The Kier molecular flexibility index (Phi) is 6.03. The van der Waals surface area contributed by atoms with Gasteiger partial charge in [-0.2, -0.15) is 5.10 Å². The highest BCUT2D eigenvalue weighted by molar-refractivity contribution is 5.97. The first-order valence-electron chi connectivity index (χ1n) is 9.82. The first kappa shape index (κ1) is 20.3. The van der Waals surface area contributed by atoms with Gasteiger partial charge in [-0.15, -0.1) is 0 Å². The van der Waals surface area contributed by atoms with Crippen molar-refractivity contribution in [2.24, 2.45) is 0 Å². The SMILES string of the molecule is CC(NC(=O)c1ccccc1OCc1ccc(F)cc1)c1ccc(-n2cncn2)cc1. The van der Waals surface area contributed by atoms with Gasteiger partial charge in [0.25, 0.3) is 5.91 Å². The van der Waals surface area contributed by atoms with Gasteiger partial charge in [0, 0.05) is 0 Å². The second-order valence-corrected chi connectivity index (χ2v) is 7.04. The summed E-state index contributed by atoms with van der Waals surface area (Å²) < 4.78 is 20.6. The second kappa shape index (κ2) is 9.21. The number of carbonyl (C=O) groups is 1. The van der Waals surface area contributed by atoms with E-state index in [0.717, 1.165) is 16.8 Å². The van der Waals surface area contributed by atoms with Crippen molar-refractivity contribution < 1.29 is 13.9 Å². The Morgan fingerprint density at radius 3 is 2.52 bits per heavy atom. The number of aromatic nitrogens is 3. The van der Waals surface area contributed by atoms with Crippen molar-refractivity contribution in [3.8, 4) is 11.4 Å². The molecule has 1 heterocycles. The molecule has 0 aliphatic rings. The molecule has 0 saturated carbocycles. The zero-order valence-corrected chi connectivity index (χ0v) is 16.9. The number of carbonyl (C=O) groups excluding carboxylic acids is 1. The van der Waals surface area contributed by atoms with E-state index in [-0.39, 0.29) is 24.4 Å². The van der Waals surface area contributed by atoms with Gasteiger partial charge in [0.1, 0.15) is 30.8 Å². The average Bonchev–Trinajstić information content (AvgIpc) is 3.34. The Labute approximate surface area is 179 Å². The van der Waals surface area contributed by atoms with Crippen molar-refractivity contribution in [2.75, 3.05) is 0 Å². The van der Waals surface area contributed by atoms with Crippen molar-refractivity contribution in [3.63, 3.8) is 0 Å². The summed E-state index contributed by atoms with van der Waals surface area (Å²) >= 11 is 0. The van der Waals surface area contributed by atoms with Crippen LogP contribution in [-0.4, -0.2) is 20.7 Å². The Bertz CT molecular complexity index is 1140. The van der Waals surface area contributed by atoms with E-state index in [1.165, 1.54) is 18.5 Å². The van der Waals surface area contributed by atoms with Crippen LogP contribution in [0.3, 0.4) is 0 Å². The lowest BCUT2D eigenvalue weighted by atomic mass is 10.1. The highest BCUT2D eigenvalue weighted by atomic mass is 19.1. The lowest BCUT2D eigenvalue weighted by molar-refractivity contribution is 0.0935. The second-order valence-electron chi connectivity index (χ2n) is 7.04. The van der Waals surface area contributed by atoms with E-state index in [9.17, 15) is 9.18 Å². The summed E-state index contributed by atoms with van der Waals surface area (Å²) in [5.74, 6) is -0.0625. The summed E-state index contributed by atoms with van der Waals surface area (Å²) in [7, 11) is 0. The van der Waals surface area contributed by atoms with E-state index in [1.807, 2.05) is 37.3 Å². The van der Waals surface area contributed by atoms with Crippen LogP contribution in [0, 0.1) is 5.82 Å². The van der Waals surface area contributed by atoms with Crippen molar-refractivity contribution >= 4 is 5.91 Å². The predicted molar refractivity (Wildman–Crippen MR) is 114 cm³/mol. The molecule has 0 aliphatic heterocycles. The van der Waals surface area contributed by atoms with Crippen LogP contribution in [-0.2, 0) is 6.61 Å². The fraction of sp³-hybridized carbons (Fsp3) is 0.125. The standard InChI is InChI=1S/C24H21FN4O2/c1-17(19-8-12-21(13-9-19)29-16-26-15-27-29)28-24(30)22-4-2-3-5-23(22)31-14-18-6-10-20(25)11-7-18/h2-13,15-17H,14H2,1H3,(H,28,30). The molecule has 0 saturated heterocycles. The molecule has 4 rings (SSSR count). The number of hydrogen-bond donors (Lipinski definition) is 1. The highest BCUT2D eigenvalue weighted by Crippen LogP contribution is 2.22. The van der Waals surface area contributed by atoms with Crippen LogP contribution in [0.1, 0.15) is 34.5 Å². The van der Waals surface area contributed by atoms with Gasteiger partial charge in [-0.1, -0.05) is 36.4 Å². The summed E-state index contributed by atoms with van der Waals surface area (Å²) in [5, 5.41) is 7.12. The number of halogens is 1. The minimum atomic E-state index is -0.299. The Balaban J connectivity index is 1.42. The van der Waals surface area contributed by atoms with Crippen LogP contribution in [0.4, 0.5) is 4.39 Å². The van der Waals surface area contributed by atoms with E-state index < -0.39 is 0 Å². The van der Waals surface area contributed by atoms with Crippen molar-refractivity contribution in [1.29, 1.82) is 0 Å². The molecule has 3 aromatic carbocycles. The molecule has 7 heteroatoms. The lowest BCUT2D eigenvalue weighted by Crippen LogP contribution is -2.27. The number of benzene rings is 3. The number of ether oxygens (including phenoxy) is 1. The molecule has 1 aromatic heterocycles. The Morgan fingerprint density at radius 2 is 1.81 bits per heavy atom. The first-order valence-corrected chi connectivity index (χ1v) is 9.82. The lowest BCUT2D eigenvalue weighted by Gasteiger charge is -2.17. The largest absolute Gasteiger partial charge is 0.488 e. The molecule has 4 aromatic rings. The molecule has 0 fully saturated rings. The number of amides is 1. The number of hydrogen-bond acceptors (Lipinski definition) is 4. The van der Waals surface area contributed by atoms with Gasteiger partial charge >= 0.3 is 0 Å². The highest BCUT2D eigenvalue weighted by Gasteiger charge is 2.16. The molecule has 1 N–H and O–H groups in total. The monoisotopic (exact) mass is 416 g/mol. The first-order chi connectivity index (χ1) is 15.1. The predicted octanol–water partition coefficient (Wildman–Crippen LogP) is 4.48. The minimum Gasteiger partial charge on any atom is -0.488 e. The Hall–Kier alpha value is -4.00. The number of nitrogens with zero attached hydrogens (tertiary/aromatic N) is 3. The summed E-state index contributed by atoms with van der Waals surface area (Å²) in [5.41, 5.74) is 3.11. The zero-order valence-electron chi connectivity index (χ0n) is 16.9. The van der Waals surface area contributed by atoms with Gasteiger partial charge < -0.3 is 10.1 Å².